The maximum atomic E-state index is 12.8. The fourth-order valence-electron chi connectivity index (χ4n) is 3.91. The summed E-state index contributed by atoms with van der Waals surface area (Å²) < 4.78 is 1.80. The fourth-order valence-corrected chi connectivity index (χ4v) is 5.14. The molecule has 0 saturated carbocycles. The molecular weight excluding hydrogens is 368 g/mol. The fraction of sp³-hybridized carbons (Fsp3) is 0.474. The molecule has 0 aliphatic carbocycles. The van der Waals surface area contributed by atoms with E-state index in [1.165, 1.54) is 11.1 Å². The average molecular weight is 393 g/mol. The van der Waals surface area contributed by atoms with E-state index in [1.807, 2.05) is 31.2 Å². The zero-order chi connectivity index (χ0) is 17.2. The maximum Gasteiger partial charge on any atom is 0.225 e. The van der Waals surface area contributed by atoms with Gasteiger partial charge in [0.05, 0.1) is 12.1 Å². The normalized spacial score (nSPS) is 24.6. The number of aromatic nitrogens is 2. The third-order valence-electron chi connectivity index (χ3n) is 5.26. The smallest absolute Gasteiger partial charge is 0.225 e. The van der Waals surface area contributed by atoms with Crippen molar-refractivity contribution >= 4 is 30.1 Å². The van der Waals surface area contributed by atoms with Crippen LogP contribution in [0.1, 0.15) is 27.9 Å². The van der Waals surface area contributed by atoms with E-state index >= 15 is 0 Å². The number of carbonyl (C=O) groups is 1. The Hall–Kier alpha value is -1.50. The number of amides is 1. The predicted molar refractivity (Wildman–Crippen MR) is 108 cm³/mol. The van der Waals surface area contributed by atoms with Crippen molar-refractivity contribution in [2.45, 2.75) is 17.6 Å². The number of nitrogens with zero attached hydrogens (tertiary/aromatic N) is 2. The van der Waals surface area contributed by atoms with E-state index in [-0.39, 0.29) is 30.2 Å². The zero-order valence-electron chi connectivity index (χ0n) is 14.9. The van der Waals surface area contributed by atoms with Gasteiger partial charge in [-0.1, -0.05) is 24.3 Å². The van der Waals surface area contributed by atoms with Gasteiger partial charge in [-0.15, -0.1) is 12.4 Å². The molecule has 0 spiro atoms. The van der Waals surface area contributed by atoms with Gasteiger partial charge in [0, 0.05) is 44.0 Å². The number of hydrogen-bond acceptors (Lipinski definition) is 4. The van der Waals surface area contributed by atoms with Gasteiger partial charge in [0.1, 0.15) is 0 Å². The minimum absolute atomic E-state index is 0. The van der Waals surface area contributed by atoms with E-state index in [0.717, 1.165) is 30.8 Å². The van der Waals surface area contributed by atoms with Gasteiger partial charge >= 0.3 is 0 Å². The minimum atomic E-state index is -0.0203. The Labute approximate surface area is 164 Å². The van der Waals surface area contributed by atoms with Crippen LogP contribution in [0.2, 0.25) is 0 Å². The quantitative estimate of drug-likeness (QED) is 0.838. The molecule has 1 saturated heterocycles. The first-order valence-corrected chi connectivity index (χ1v) is 9.93. The first kappa shape index (κ1) is 19.3. The molecule has 2 N–H and O–H groups in total. The molecule has 4 rings (SSSR count). The maximum absolute atomic E-state index is 12.8. The largest absolute Gasteiger partial charge is 0.354 e. The lowest BCUT2D eigenvalue weighted by atomic mass is 9.90. The highest BCUT2D eigenvalue weighted by atomic mass is 35.5. The van der Waals surface area contributed by atoms with Gasteiger partial charge in [0.25, 0.3) is 0 Å². The Morgan fingerprint density at radius 2 is 2.23 bits per heavy atom. The van der Waals surface area contributed by atoms with Crippen molar-refractivity contribution in [2.24, 2.45) is 13.0 Å². The lowest BCUT2D eigenvalue weighted by molar-refractivity contribution is -0.124. The van der Waals surface area contributed by atoms with Gasteiger partial charge < -0.3 is 10.6 Å². The molecule has 2 aliphatic rings. The molecule has 5 nitrogen and oxygen atoms in total. The number of carbonyl (C=O) groups excluding carboxylic acids is 1. The monoisotopic (exact) mass is 392 g/mol. The number of hydrogen-bond donors (Lipinski definition) is 2. The molecular formula is C19H25ClN4OS. The van der Waals surface area contributed by atoms with Gasteiger partial charge in [-0.2, -0.15) is 16.9 Å². The first-order valence-electron chi connectivity index (χ1n) is 8.89. The standard InChI is InChI=1S/C19H24N4OS.ClH/c1-23-12-14(8-22-23)16-9-20-10-17(16)19(24)21-11-18-15-5-3-2-4-13(15)6-7-25-18;/h2-5,8,12,16-18,20H,6-7,9-11H2,1H3,(H,21,24);1H/t16-,17+,18?;/m1./s1. The summed E-state index contributed by atoms with van der Waals surface area (Å²) in [4.78, 5) is 12.8. The molecule has 1 aromatic carbocycles. The second-order valence-electron chi connectivity index (χ2n) is 6.87. The van der Waals surface area contributed by atoms with E-state index in [2.05, 4.69) is 40.0 Å². The molecule has 7 heteroatoms. The summed E-state index contributed by atoms with van der Waals surface area (Å²) in [5, 5.41) is 11.2. The number of benzene rings is 1. The highest BCUT2D eigenvalue weighted by Crippen LogP contribution is 2.36. The molecule has 0 radical (unpaired) electrons. The zero-order valence-corrected chi connectivity index (χ0v) is 16.5. The van der Waals surface area contributed by atoms with Crippen LogP contribution in [0.4, 0.5) is 0 Å². The first-order chi connectivity index (χ1) is 12.2. The van der Waals surface area contributed by atoms with Gasteiger partial charge in [-0.25, -0.2) is 0 Å². The summed E-state index contributed by atoms with van der Waals surface area (Å²) in [5.41, 5.74) is 3.95. The molecule has 2 aromatic rings. The molecule has 1 aromatic heterocycles. The number of aryl methyl sites for hydroxylation is 2. The molecule has 1 amide bonds. The van der Waals surface area contributed by atoms with E-state index in [0.29, 0.717) is 11.8 Å². The lowest BCUT2D eigenvalue weighted by Gasteiger charge is -2.26. The minimum Gasteiger partial charge on any atom is -0.354 e. The van der Waals surface area contributed by atoms with Crippen molar-refractivity contribution in [1.82, 2.24) is 20.4 Å². The van der Waals surface area contributed by atoms with E-state index in [4.69, 9.17) is 0 Å². The Morgan fingerprint density at radius 1 is 1.38 bits per heavy atom. The van der Waals surface area contributed by atoms with Crippen LogP contribution in [0.3, 0.4) is 0 Å². The van der Waals surface area contributed by atoms with Gasteiger partial charge in [-0.05, 0) is 28.9 Å². The van der Waals surface area contributed by atoms with E-state index in [9.17, 15) is 4.79 Å². The summed E-state index contributed by atoms with van der Waals surface area (Å²) in [6.45, 7) is 2.28. The molecule has 26 heavy (non-hydrogen) atoms. The molecule has 1 fully saturated rings. The molecule has 3 atom stereocenters. The number of nitrogens with one attached hydrogen (secondary N) is 2. The van der Waals surface area contributed by atoms with E-state index in [1.54, 1.807) is 4.68 Å². The number of fused-ring (bicyclic) bond motifs is 1. The Balaban J connectivity index is 0.00000196. The summed E-state index contributed by atoms with van der Waals surface area (Å²) in [6, 6.07) is 8.61. The van der Waals surface area contributed by atoms with Crippen molar-refractivity contribution in [3.05, 3.63) is 53.3 Å². The SMILES string of the molecule is Cl.Cn1cc([C@H]2CNC[C@@H]2C(=O)NCC2SCCc3ccccc32)cn1. The van der Waals surface area contributed by atoms with Crippen molar-refractivity contribution in [2.75, 3.05) is 25.4 Å². The topological polar surface area (TPSA) is 59.0 Å². The van der Waals surface area contributed by atoms with Gasteiger partial charge in [0.15, 0.2) is 0 Å². The van der Waals surface area contributed by atoms with Crippen LogP contribution >= 0.6 is 24.2 Å². The van der Waals surface area contributed by atoms with Crippen LogP contribution in [0.5, 0.6) is 0 Å². The second-order valence-corrected chi connectivity index (χ2v) is 8.18. The Bertz CT molecular complexity index is 766. The van der Waals surface area contributed by atoms with Crippen LogP contribution < -0.4 is 10.6 Å². The second kappa shape index (κ2) is 8.46. The van der Waals surface area contributed by atoms with Crippen LogP contribution in [0.15, 0.2) is 36.7 Å². The Kier molecular flexibility index (Phi) is 6.27. The average Bonchev–Trinajstić information content (AvgIpc) is 3.28. The predicted octanol–water partition coefficient (Wildman–Crippen LogP) is 2.29. The third kappa shape index (κ3) is 3.92. The van der Waals surface area contributed by atoms with Crippen molar-refractivity contribution < 1.29 is 4.79 Å². The highest BCUT2D eigenvalue weighted by molar-refractivity contribution is 7.99. The summed E-state index contributed by atoms with van der Waals surface area (Å²) in [5.74, 6) is 1.47. The number of rotatable bonds is 4. The summed E-state index contributed by atoms with van der Waals surface area (Å²) in [6.07, 6.45) is 5.03. The molecule has 1 unspecified atom stereocenters. The Morgan fingerprint density at radius 3 is 3.04 bits per heavy atom. The number of halogens is 1. The lowest BCUT2D eigenvalue weighted by Crippen LogP contribution is -2.36. The van der Waals surface area contributed by atoms with E-state index < -0.39 is 0 Å². The van der Waals surface area contributed by atoms with Gasteiger partial charge in [-0.3, -0.25) is 9.48 Å². The third-order valence-corrected chi connectivity index (χ3v) is 6.52. The van der Waals surface area contributed by atoms with Crippen LogP contribution in [-0.4, -0.2) is 41.1 Å². The van der Waals surface area contributed by atoms with Crippen molar-refractivity contribution in [3.8, 4) is 0 Å². The summed E-state index contributed by atoms with van der Waals surface area (Å²) >= 11 is 1.95. The van der Waals surface area contributed by atoms with Crippen LogP contribution in [0, 0.1) is 5.92 Å². The van der Waals surface area contributed by atoms with Crippen molar-refractivity contribution in [1.29, 1.82) is 0 Å². The van der Waals surface area contributed by atoms with Crippen LogP contribution in [-0.2, 0) is 18.3 Å². The van der Waals surface area contributed by atoms with Crippen molar-refractivity contribution in [3.63, 3.8) is 0 Å². The molecule has 140 valence electrons. The number of thioether (sulfide) groups is 1. The molecule has 0 bridgehead atoms. The summed E-state index contributed by atoms with van der Waals surface area (Å²) in [7, 11) is 1.92. The molecule has 3 heterocycles. The van der Waals surface area contributed by atoms with Crippen LogP contribution in [0.25, 0.3) is 0 Å². The molecule has 2 aliphatic heterocycles. The van der Waals surface area contributed by atoms with Gasteiger partial charge in [0.2, 0.25) is 5.91 Å². The highest BCUT2D eigenvalue weighted by Gasteiger charge is 2.35.